The molecule has 0 aromatic heterocycles. The second-order valence-corrected chi connectivity index (χ2v) is 9.79. The summed E-state index contributed by atoms with van der Waals surface area (Å²) in [6, 6.07) is 15.3. The molecule has 2 aromatic rings. The first-order valence-corrected chi connectivity index (χ1v) is 11.9. The lowest BCUT2D eigenvalue weighted by molar-refractivity contribution is -0.159. The second-order valence-electron chi connectivity index (χ2n) is 7.41. The van der Waals surface area contributed by atoms with E-state index in [1.165, 1.54) is 11.2 Å². The fourth-order valence-electron chi connectivity index (χ4n) is 3.33. The highest BCUT2D eigenvalue weighted by atomic mass is 35.5. The predicted octanol–water partition coefficient (Wildman–Crippen LogP) is 2.99. The SMILES string of the molecule is CC(OC(=O)C1CCN(S(=O)(=O)c2ccccc2)CC1)C(=O)NCc1ccc(Cl)cc1. The molecule has 9 heteroatoms. The van der Waals surface area contributed by atoms with Crippen molar-refractivity contribution in [3.8, 4) is 0 Å². The van der Waals surface area contributed by atoms with Gasteiger partial charge in [-0.05, 0) is 49.6 Å². The van der Waals surface area contributed by atoms with Crippen LogP contribution in [0.5, 0.6) is 0 Å². The summed E-state index contributed by atoms with van der Waals surface area (Å²) >= 11 is 5.84. The Morgan fingerprint density at radius 3 is 2.32 bits per heavy atom. The summed E-state index contributed by atoms with van der Waals surface area (Å²) in [7, 11) is -3.58. The number of nitrogens with one attached hydrogen (secondary N) is 1. The molecule has 1 unspecified atom stereocenters. The maximum Gasteiger partial charge on any atom is 0.309 e. The van der Waals surface area contributed by atoms with Gasteiger partial charge >= 0.3 is 5.97 Å². The lowest BCUT2D eigenvalue weighted by Gasteiger charge is -2.30. The molecule has 0 saturated carbocycles. The second kappa shape index (κ2) is 10.3. The minimum Gasteiger partial charge on any atom is -0.452 e. The number of carbonyl (C=O) groups is 2. The molecule has 1 N–H and O–H groups in total. The highest BCUT2D eigenvalue weighted by Crippen LogP contribution is 2.25. The summed E-state index contributed by atoms with van der Waals surface area (Å²) in [5, 5.41) is 3.34. The van der Waals surface area contributed by atoms with Gasteiger partial charge in [0.1, 0.15) is 0 Å². The zero-order chi connectivity index (χ0) is 22.4. The fraction of sp³-hybridized carbons (Fsp3) is 0.364. The van der Waals surface area contributed by atoms with E-state index in [0.717, 1.165) is 5.56 Å². The predicted molar refractivity (Wildman–Crippen MR) is 117 cm³/mol. The first kappa shape index (κ1) is 23.2. The van der Waals surface area contributed by atoms with E-state index in [9.17, 15) is 18.0 Å². The molecular formula is C22H25ClN2O5S. The number of halogens is 1. The Hall–Kier alpha value is -2.42. The van der Waals surface area contributed by atoms with Crippen LogP contribution < -0.4 is 5.32 Å². The van der Waals surface area contributed by atoms with E-state index in [4.69, 9.17) is 16.3 Å². The van der Waals surface area contributed by atoms with Crippen LogP contribution in [0.2, 0.25) is 5.02 Å². The molecule has 2 aromatic carbocycles. The van der Waals surface area contributed by atoms with E-state index in [2.05, 4.69) is 5.32 Å². The van der Waals surface area contributed by atoms with Crippen molar-refractivity contribution in [2.24, 2.45) is 5.92 Å². The number of piperidine rings is 1. The van der Waals surface area contributed by atoms with Crippen LogP contribution in [0.1, 0.15) is 25.3 Å². The first-order chi connectivity index (χ1) is 14.8. The number of carbonyl (C=O) groups excluding carboxylic acids is 2. The van der Waals surface area contributed by atoms with E-state index in [0.29, 0.717) is 24.4 Å². The van der Waals surface area contributed by atoms with Gasteiger partial charge in [-0.25, -0.2) is 8.42 Å². The molecule has 31 heavy (non-hydrogen) atoms. The van der Waals surface area contributed by atoms with Crippen LogP contribution in [0.4, 0.5) is 0 Å². The van der Waals surface area contributed by atoms with Gasteiger partial charge in [-0.15, -0.1) is 0 Å². The Bertz CT molecular complexity index is 1000. The third kappa shape index (κ3) is 6.06. The maximum absolute atomic E-state index is 12.7. The number of nitrogens with zero attached hydrogens (tertiary/aromatic N) is 1. The monoisotopic (exact) mass is 464 g/mol. The van der Waals surface area contributed by atoms with Gasteiger partial charge in [-0.3, -0.25) is 9.59 Å². The standard InChI is InChI=1S/C22H25ClN2O5S/c1-16(21(26)24-15-17-7-9-19(23)10-8-17)30-22(27)18-11-13-25(14-12-18)31(28,29)20-5-3-2-4-6-20/h2-10,16,18H,11-15H2,1H3,(H,24,26). The van der Waals surface area contributed by atoms with Crippen LogP contribution >= 0.6 is 11.6 Å². The number of hydrogen-bond donors (Lipinski definition) is 1. The van der Waals surface area contributed by atoms with E-state index in [1.807, 2.05) is 0 Å². The van der Waals surface area contributed by atoms with Crippen LogP contribution in [0.15, 0.2) is 59.5 Å². The highest BCUT2D eigenvalue weighted by Gasteiger charge is 2.33. The van der Waals surface area contributed by atoms with Crippen LogP contribution in [-0.2, 0) is 30.9 Å². The van der Waals surface area contributed by atoms with Crippen LogP contribution in [0.3, 0.4) is 0 Å². The smallest absolute Gasteiger partial charge is 0.309 e. The molecule has 3 rings (SSSR count). The molecule has 1 aliphatic heterocycles. The Labute approximate surface area is 187 Å². The zero-order valence-electron chi connectivity index (χ0n) is 17.2. The van der Waals surface area contributed by atoms with Crippen molar-refractivity contribution in [2.45, 2.75) is 37.3 Å². The van der Waals surface area contributed by atoms with Crippen molar-refractivity contribution in [1.82, 2.24) is 9.62 Å². The lowest BCUT2D eigenvalue weighted by atomic mass is 9.98. The van der Waals surface area contributed by atoms with Crippen molar-refractivity contribution in [3.63, 3.8) is 0 Å². The molecule has 0 bridgehead atoms. The average Bonchev–Trinajstić information content (AvgIpc) is 2.79. The molecule has 1 saturated heterocycles. The largest absolute Gasteiger partial charge is 0.452 e. The van der Waals surface area contributed by atoms with Gasteiger partial charge in [0.2, 0.25) is 10.0 Å². The molecule has 0 radical (unpaired) electrons. The van der Waals surface area contributed by atoms with Crippen molar-refractivity contribution in [2.75, 3.05) is 13.1 Å². The van der Waals surface area contributed by atoms with Gasteiger partial charge in [0.15, 0.2) is 6.10 Å². The van der Waals surface area contributed by atoms with E-state index in [-0.39, 0.29) is 18.0 Å². The number of sulfonamides is 1. The third-order valence-corrected chi connectivity index (χ3v) is 7.38. The van der Waals surface area contributed by atoms with Crippen molar-refractivity contribution >= 4 is 33.5 Å². The quantitative estimate of drug-likeness (QED) is 0.636. The van der Waals surface area contributed by atoms with Gasteiger partial charge in [-0.2, -0.15) is 4.31 Å². The summed E-state index contributed by atoms with van der Waals surface area (Å²) < 4.78 is 32.1. The number of rotatable bonds is 7. The molecular weight excluding hydrogens is 440 g/mol. The lowest BCUT2D eigenvalue weighted by Crippen LogP contribution is -2.42. The Morgan fingerprint density at radius 1 is 1.10 bits per heavy atom. The van der Waals surface area contributed by atoms with Gasteiger partial charge in [0, 0.05) is 24.7 Å². The van der Waals surface area contributed by atoms with Crippen molar-refractivity contribution < 1.29 is 22.7 Å². The van der Waals surface area contributed by atoms with Crippen LogP contribution in [-0.4, -0.2) is 43.8 Å². The third-order valence-electron chi connectivity index (χ3n) is 5.21. The molecule has 0 aliphatic carbocycles. The number of esters is 1. The minimum atomic E-state index is -3.58. The maximum atomic E-state index is 12.7. The van der Waals surface area contributed by atoms with Crippen molar-refractivity contribution in [3.05, 3.63) is 65.2 Å². The highest BCUT2D eigenvalue weighted by molar-refractivity contribution is 7.89. The topological polar surface area (TPSA) is 92.8 Å². The van der Waals surface area contributed by atoms with E-state index >= 15 is 0 Å². The van der Waals surface area contributed by atoms with Gasteiger partial charge in [0.05, 0.1) is 10.8 Å². The number of amides is 1. The summed E-state index contributed by atoms with van der Waals surface area (Å²) in [4.78, 5) is 24.9. The Morgan fingerprint density at radius 2 is 1.71 bits per heavy atom. The minimum absolute atomic E-state index is 0.230. The van der Waals surface area contributed by atoms with E-state index in [1.54, 1.807) is 54.6 Å². The average molecular weight is 465 g/mol. The molecule has 1 aliphatic rings. The van der Waals surface area contributed by atoms with E-state index < -0.39 is 33.9 Å². The normalized spacial score (nSPS) is 16.5. The molecule has 1 atom stereocenters. The summed E-state index contributed by atoms with van der Waals surface area (Å²) in [6.45, 7) is 2.28. The molecule has 1 fully saturated rings. The number of benzene rings is 2. The zero-order valence-corrected chi connectivity index (χ0v) is 18.7. The Kier molecular flexibility index (Phi) is 7.69. The van der Waals surface area contributed by atoms with Crippen LogP contribution in [0, 0.1) is 5.92 Å². The van der Waals surface area contributed by atoms with Crippen molar-refractivity contribution in [1.29, 1.82) is 0 Å². The number of hydrogen-bond acceptors (Lipinski definition) is 5. The Balaban J connectivity index is 1.47. The van der Waals surface area contributed by atoms with Gasteiger partial charge < -0.3 is 10.1 Å². The number of ether oxygens (including phenoxy) is 1. The molecule has 166 valence electrons. The van der Waals surface area contributed by atoms with Crippen LogP contribution in [0.25, 0.3) is 0 Å². The first-order valence-electron chi connectivity index (χ1n) is 10.0. The fourth-order valence-corrected chi connectivity index (χ4v) is 4.95. The molecule has 1 amide bonds. The summed E-state index contributed by atoms with van der Waals surface area (Å²) in [6.07, 6.45) is -0.237. The van der Waals surface area contributed by atoms with Gasteiger partial charge in [0.25, 0.3) is 5.91 Å². The molecule has 0 spiro atoms. The summed E-state index contributed by atoms with van der Waals surface area (Å²) in [5.41, 5.74) is 0.878. The molecule has 7 nitrogen and oxygen atoms in total. The van der Waals surface area contributed by atoms with Gasteiger partial charge in [-0.1, -0.05) is 41.9 Å². The molecule has 1 heterocycles. The summed E-state index contributed by atoms with van der Waals surface area (Å²) in [5.74, 6) is -1.31.